The summed E-state index contributed by atoms with van der Waals surface area (Å²) in [6.07, 6.45) is 6.16. The maximum Gasteiger partial charge on any atom is 0.255 e. The number of anilines is 2. The van der Waals surface area contributed by atoms with Gasteiger partial charge >= 0.3 is 0 Å². The molecular weight excluding hydrogens is 380 g/mol. The van der Waals surface area contributed by atoms with E-state index < -0.39 is 5.79 Å². The number of nitrogens with one attached hydrogen (secondary N) is 2. The Kier molecular flexibility index (Phi) is 4.65. The Bertz CT molecular complexity index is 979. The number of carbonyl (C=O) groups is 2. The van der Waals surface area contributed by atoms with E-state index in [-0.39, 0.29) is 17.7 Å². The first-order valence-electron chi connectivity index (χ1n) is 10.8. The van der Waals surface area contributed by atoms with Gasteiger partial charge in [0.2, 0.25) is 5.91 Å². The first-order chi connectivity index (χ1) is 14.5. The molecule has 6 heteroatoms. The lowest BCUT2D eigenvalue weighted by Gasteiger charge is -2.31. The van der Waals surface area contributed by atoms with E-state index in [2.05, 4.69) is 17.6 Å². The van der Waals surface area contributed by atoms with Crippen molar-refractivity contribution in [2.45, 2.75) is 51.2 Å². The van der Waals surface area contributed by atoms with Gasteiger partial charge in [-0.25, -0.2) is 0 Å². The number of benzene rings is 2. The van der Waals surface area contributed by atoms with Crippen LogP contribution in [0.15, 0.2) is 42.5 Å². The second-order valence-electron chi connectivity index (χ2n) is 8.68. The van der Waals surface area contributed by atoms with Crippen LogP contribution in [0.3, 0.4) is 0 Å². The molecule has 1 heterocycles. The average Bonchev–Trinajstić information content (AvgIpc) is 3.38. The minimum absolute atomic E-state index is 0.0517. The number of fused-ring (bicyclic) bond motifs is 1. The molecule has 0 radical (unpaired) electrons. The zero-order chi connectivity index (χ0) is 20.7. The molecule has 1 aliphatic heterocycles. The molecule has 3 aliphatic rings. The van der Waals surface area contributed by atoms with Crippen LogP contribution in [0.25, 0.3) is 0 Å². The van der Waals surface area contributed by atoms with Gasteiger partial charge in [-0.15, -0.1) is 0 Å². The number of amides is 2. The lowest BCUT2D eigenvalue weighted by atomic mass is 9.94. The van der Waals surface area contributed by atoms with E-state index in [1.54, 1.807) is 24.3 Å². The Morgan fingerprint density at radius 3 is 2.27 bits per heavy atom. The summed E-state index contributed by atoms with van der Waals surface area (Å²) in [4.78, 5) is 24.7. The van der Waals surface area contributed by atoms with Crippen LogP contribution in [0.5, 0.6) is 11.5 Å². The van der Waals surface area contributed by atoms with Crippen LogP contribution in [0.4, 0.5) is 11.4 Å². The summed E-state index contributed by atoms with van der Waals surface area (Å²) >= 11 is 0. The van der Waals surface area contributed by atoms with Crippen LogP contribution in [-0.4, -0.2) is 17.6 Å². The fraction of sp³-hybridized carbons (Fsp3) is 0.417. The van der Waals surface area contributed by atoms with E-state index in [4.69, 9.17) is 9.47 Å². The highest BCUT2D eigenvalue weighted by Gasteiger charge is 2.42. The molecule has 1 spiro atoms. The Labute approximate surface area is 176 Å². The number of rotatable bonds is 4. The Morgan fingerprint density at radius 1 is 0.900 bits per heavy atom. The van der Waals surface area contributed by atoms with Crippen LogP contribution < -0.4 is 20.1 Å². The Balaban J connectivity index is 1.22. The second kappa shape index (κ2) is 7.35. The van der Waals surface area contributed by atoms with E-state index in [0.717, 1.165) is 37.9 Å². The monoisotopic (exact) mass is 406 g/mol. The van der Waals surface area contributed by atoms with Gasteiger partial charge in [0, 0.05) is 41.8 Å². The molecule has 0 saturated heterocycles. The SMILES string of the molecule is CC1CC1C(=O)Nc1ccc(C(=O)Nc2ccc3c(c2)OC2(CCCCC2)O3)cc1. The molecule has 2 unspecified atom stereocenters. The van der Waals surface area contributed by atoms with Crippen LogP contribution >= 0.6 is 0 Å². The van der Waals surface area contributed by atoms with Crippen molar-refractivity contribution in [2.75, 3.05) is 10.6 Å². The zero-order valence-electron chi connectivity index (χ0n) is 17.1. The standard InChI is InChI=1S/C24H26N2O4/c1-15-13-19(15)23(28)25-17-7-5-16(6-8-17)22(27)26-18-9-10-20-21(14-18)30-24(29-20)11-3-2-4-12-24/h5-10,14-15,19H,2-4,11-13H2,1H3,(H,25,28)(H,26,27). The van der Waals surface area contributed by atoms with Crippen molar-refractivity contribution in [2.24, 2.45) is 11.8 Å². The first kappa shape index (κ1) is 19.0. The third kappa shape index (κ3) is 3.74. The molecule has 0 bridgehead atoms. The first-order valence-corrected chi connectivity index (χ1v) is 10.8. The predicted molar refractivity (Wildman–Crippen MR) is 114 cm³/mol. The summed E-state index contributed by atoms with van der Waals surface area (Å²) in [5, 5.41) is 5.82. The van der Waals surface area contributed by atoms with Crippen molar-refractivity contribution < 1.29 is 19.1 Å². The fourth-order valence-corrected chi connectivity index (χ4v) is 4.30. The van der Waals surface area contributed by atoms with Crippen molar-refractivity contribution >= 4 is 23.2 Å². The summed E-state index contributed by atoms with van der Waals surface area (Å²) in [6, 6.07) is 12.4. The minimum atomic E-state index is -0.526. The average molecular weight is 406 g/mol. The minimum Gasteiger partial charge on any atom is -0.448 e. The maximum atomic E-state index is 12.6. The smallest absolute Gasteiger partial charge is 0.255 e. The van der Waals surface area contributed by atoms with E-state index in [1.807, 2.05) is 18.2 Å². The summed E-state index contributed by atoms with van der Waals surface area (Å²) < 4.78 is 12.2. The molecule has 2 saturated carbocycles. The third-order valence-corrected chi connectivity index (χ3v) is 6.27. The van der Waals surface area contributed by atoms with Crippen molar-refractivity contribution in [3.8, 4) is 11.5 Å². The summed E-state index contributed by atoms with van der Waals surface area (Å²) in [5.74, 6) is 1.31. The highest BCUT2D eigenvalue weighted by Crippen LogP contribution is 2.46. The Hall–Kier alpha value is -3.02. The van der Waals surface area contributed by atoms with Gasteiger partial charge in [-0.3, -0.25) is 9.59 Å². The van der Waals surface area contributed by atoms with E-state index in [0.29, 0.717) is 28.6 Å². The molecule has 2 fully saturated rings. The normalized spacial score (nSPS) is 23.1. The van der Waals surface area contributed by atoms with Gasteiger partial charge in [0.25, 0.3) is 11.7 Å². The molecule has 6 nitrogen and oxygen atoms in total. The number of carbonyl (C=O) groups excluding carboxylic acids is 2. The van der Waals surface area contributed by atoms with E-state index >= 15 is 0 Å². The zero-order valence-corrected chi connectivity index (χ0v) is 17.1. The summed E-state index contributed by atoms with van der Waals surface area (Å²) in [7, 11) is 0. The van der Waals surface area contributed by atoms with Gasteiger partial charge in [0.15, 0.2) is 11.5 Å². The largest absolute Gasteiger partial charge is 0.448 e. The number of ether oxygens (including phenoxy) is 2. The van der Waals surface area contributed by atoms with E-state index in [1.165, 1.54) is 6.42 Å². The summed E-state index contributed by atoms with van der Waals surface area (Å²) in [6.45, 7) is 2.07. The van der Waals surface area contributed by atoms with Crippen LogP contribution in [0, 0.1) is 11.8 Å². The molecule has 0 aromatic heterocycles. The molecule has 30 heavy (non-hydrogen) atoms. The highest BCUT2D eigenvalue weighted by molar-refractivity contribution is 6.05. The second-order valence-corrected chi connectivity index (χ2v) is 8.68. The molecular formula is C24H26N2O4. The maximum absolute atomic E-state index is 12.6. The van der Waals surface area contributed by atoms with Crippen LogP contribution in [-0.2, 0) is 4.79 Å². The van der Waals surface area contributed by atoms with Gasteiger partial charge in [0.05, 0.1) is 0 Å². The quantitative estimate of drug-likeness (QED) is 0.752. The van der Waals surface area contributed by atoms with Gasteiger partial charge in [-0.05, 0) is 61.6 Å². The third-order valence-electron chi connectivity index (χ3n) is 6.27. The summed E-state index contributed by atoms with van der Waals surface area (Å²) in [5.41, 5.74) is 1.89. The Morgan fingerprint density at radius 2 is 1.57 bits per heavy atom. The van der Waals surface area contributed by atoms with Gasteiger partial charge in [-0.1, -0.05) is 13.3 Å². The molecule has 156 valence electrons. The van der Waals surface area contributed by atoms with Crippen molar-refractivity contribution in [3.63, 3.8) is 0 Å². The van der Waals surface area contributed by atoms with Gasteiger partial charge in [0.1, 0.15) is 0 Å². The molecule has 2 amide bonds. The molecule has 5 rings (SSSR count). The molecule has 2 atom stereocenters. The molecule has 2 aromatic rings. The van der Waals surface area contributed by atoms with Crippen molar-refractivity contribution in [1.82, 2.24) is 0 Å². The highest BCUT2D eigenvalue weighted by atomic mass is 16.7. The van der Waals surface area contributed by atoms with Crippen molar-refractivity contribution in [1.29, 1.82) is 0 Å². The molecule has 2 N–H and O–H groups in total. The van der Waals surface area contributed by atoms with E-state index in [9.17, 15) is 9.59 Å². The number of hydrogen-bond donors (Lipinski definition) is 2. The number of hydrogen-bond acceptors (Lipinski definition) is 4. The fourth-order valence-electron chi connectivity index (χ4n) is 4.30. The molecule has 2 aromatic carbocycles. The topological polar surface area (TPSA) is 76.7 Å². The van der Waals surface area contributed by atoms with Gasteiger partial charge in [-0.2, -0.15) is 0 Å². The van der Waals surface area contributed by atoms with Crippen LogP contribution in [0.2, 0.25) is 0 Å². The predicted octanol–water partition coefficient (Wildman–Crippen LogP) is 4.97. The lowest BCUT2D eigenvalue weighted by molar-refractivity contribution is -0.117. The lowest BCUT2D eigenvalue weighted by Crippen LogP contribution is -2.40. The molecule has 2 aliphatic carbocycles. The van der Waals surface area contributed by atoms with Crippen molar-refractivity contribution in [3.05, 3.63) is 48.0 Å². The van der Waals surface area contributed by atoms with Gasteiger partial charge < -0.3 is 20.1 Å². The van der Waals surface area contributed by atoms with Crippen LogP contribution in [0.1, 0.15) is 55.8 Å².